The lowest BCUT2D eigenvalue weighted by Crippen LogP contribution is -2.13. The average Bonchev–Trinajstić information content (AvgIpc) is 3.00. The number of hydrogen-bond donors (Lipinski definition) is 1. The van der Waals surface area contributed by atoms with Crippen LogP contribution < -0.4 is 14.8 Å². The highest BCUT2D eigenvalue weighted by Gasteiger charge is 2.25. The largest absolute Gasteiger partial charge is 0.497 e. The molecule has 132 valence electrons. The van der Waals surface area contributed by atoms with Gasteiger partial charge in [0.2, 0.25) is 0 Å². The van der Waals surface area contributed by atoms with Gasteiger partial charge in [0.15, 0.2) is 0 Å². The number of hydrogen-bond acceptors (Lipinski definition) is 3. The molecule has 3 aromatic carbocycles. The van der Waals surface area contributed by atoms with E-state index in [4.69, 9.17) is 9.47 Å². The molecular formula is C22H21NO3. The summed E-state index contributed by atoms with van der Waals surface area (Å²) in [6.45, 7) is 4.58. The second kappa shape index (κ2) is 6.37. The maximum atomic E-state index is 12.5. The summed E-state index contributed by atoms with van der Waals surface area (Å²) in [5, 5.41) is 5.06. The van der Waals surface area contributed by atoms with Gasteiger partial charge in [-0.15, -0.1) is 0 Å². The Balaban J connectivity index is 1.99. The normalized spacial score (nSPS) is 13.0. The first-order valence-electron chi connectivity index (χ1n) is 8.75. The van der Waals surface area contributed by atoms with Gasteiger partial charge in [-0.05, 0) is 66.1 Å². The van der Waals surface area contributed by atoms with E-state index in [1.54, 1.807) is 7.11 Å². The zero-order chi connectivity index (χ0) is 18.3. The van der Waals surface area contributed by atoms with Crippen LogP contribution in [0.3, 0.4) is 0 Å². The van der Waals surface area contributed by atoms with Crippen molar-refractivity contribution in [2.45, 2.75) is 26.5 Å². The Morgan fingerprint density at radius 1 is 0.962 bits per heavy atom. The summed E-state index contributed by atoms with van der Waals surface area (Å²) in [5.41, 5.74) is 3.73. The van der Waals surface area contributed by atoms with Crippen molar-refractivity contribution in [1.29, 1.82) is 0 Å². The van der Waals surface area contributed by atoms with Crippen LogP contribution in [0.2, 0.25) is 0 Å². The number of benzene rings is 3. The third-order valence-corrected chi connectivity index (χ3v) is 4.61. The molecule has 0 bridgehead atoms. The highest BCUT2D eigenvalue weighted by molar-refractivity contribution is 6.13. The summed E-state index contributed by atoms with van der Waals surface area (Å²) in [4.78, 5) is 12.5. The Kier molecular flexibility index (Phi) is 4.03. The van der Waals surface area contributed by atoms with Gasteiger partial charge in [-0.2, -0.15) is 0 Å². The number of rotatable bonds is 4. The second-order valence-corrected chi connectivity index (χ2v) is 6.75. The molecular weight excluding hydrogens is 326 g/mol. The van der Waals surface area contributed by atoms with Gasteiger partial charge in [0.05, 0.1) is 18.8 Å². The fourth-order valence-electron chi connectivity index (χ4n) is 3.50. The van der Waals surface area contributed by atoms with Crippen molar-refractivity contribution in [3.8, 4) is 22.6 Å². The number of carbonyl (C=O) groups excluding carboxylic acids is 1. The van der Waals surface area contributed by atoms with Crippen molar-refractivity contribution in [3.63, 3.8) is 0 Å². The third-order valence-electron chi connectivity index (χ3n) is 4.61. The summed E-state index contributed by atoms with van der Waals surface area (Å²) < 4.78 is 11.1. The molecule has 0 saturated heterocycles. The number of amides is 1. The van der Waals surface area contributed by atoms with Crippen molar-refractivity contribution in [1.82, 2.24) is 5.32 Å². The first kappa shape index (κ1) is 16.5. The maximum Gasteiger partial charge on any atom is 0.252 e. The fraction of sp³-hybridized carbons (Fsp3) is 0.227. The van der Waals surface area contributed by atoms with Crippen molar-refractivity contribution in [2.75, 3.05) is 7.11 Å². The van der Waals surface area contributed by atoms with Crippen molar-refractivity contribution in [3.05, 3.63) is 59.7 Å². The van der Waals surface area contributed by atoms with Crippen LogP contribution in [0.4, 0.5) is 0 Å². The monoisotopic (exact) mass is 347 g/mol. The molecule has 1 heterocycles. The number of carbonyl (C=O) groups is 1. The number of ether oxygens (including phenoxy) is 2. The predicted octanol–water partition coefficient (Wildman–Crippen LogP) is 4.55. The van der Waals surface area contributed by atoms with E-state index in [9.17, 15) is 4.79 Å². The van der Waals surface area contributed by atoms with E-state index >= 15 is 0 Å². The van der Waals surface area contributed by atoms with Gasteiger partial charge in [-0.1, -0.05) is 18.2 Å². The van der Waals surface area contributed by atoms with Crippen LogP contribution >= 0.6 is 0 Å². The molecule has 3 aromatic rings. The molecule has 1 aliphatic rings. The van der Waals surface area contributed by atoms with Gasteiger partial charge < -0.3 is 14.8 Å². The molecule has 26 heavy (non-hydrogen) atoms. The first-order valence-corrected chi connectivity index (χ1v) is 8.75. The van der Waals surface area contributed by atoms with Gasteiger partial charge in [0.1, 0.15) is 11.5 Å². The average molecular weight is 347 g/mol. The standard InChI is InChI=1S/C22H21NO3/c1-13(2)26-18-9-6-15-10-16-12-23-22(24)21(16)20(19(15)11-18)14-4-7-17(25-3)8-5-14/h4-11,13H,12H2,1-3H3,(H,23,24). The van der Waals surface area contributed by atoms with Crippen LogP contribution in [0.15, 0.2) is 48.5 Å². The molecule has 0 atom stereocenters. The lowest BCUT2D eigenvalue weighted by molar-refractivity contribution is 0.0966. The van der Waals surface area contributed by atoms with Crippen LogP contribution in [-0.2, 0) is 6.54 Å². The summed E-state index contributed by atoms with van der Waals surface area (Å²) >= 11 is 0. The van der Waals surface area contributed by atoms with Crippen molar-refractivity contribution >= 4 is 16.7 Å². The van der Waals surface area contributed by atoms with Gasteiger partial charge in [0, 0.05) is 12.1 Å². The van der Waals surface area contributed by atoms with Crippen molar-refractivity contribution in [2.24, 2.45) is 0 Å². The first-order chi connectivity index (χ1) is 12.6. The minimum atomic E-state index is -0.0251. The SMILES string of the molecule is COc1ccc(-c2c3c(cc4ccc(OC(C)C)cc24)CNC3=O)cc1. The molecule has 0 fully saturated rings. The zero-order valence-corrected chi connectivity index (χ0v) is 15.1. The van der Waals surface area contributed by atoms with Crippen LogP contribution in [-0.4, -0.2) is 19.1 Å². The molecule has 0 radical (unpaired) electrons. The van der Waals surface area contributed by atoms with Gasteiger partial charge >= 0.3 is 0 Å². The molecule has 0 unspecified atom stereocenters. The third kappa shape index (κ3) is 2.77. The smallest absolute Gasteiger partial charge is 0.252 e. The Bertz CT molecular complexity index is 990. The Morgan fingerprint density at radius 3 is 2.38 bits per heavy atom. The van der Waals surface area contributed by atoms with Gasteiger partial charge in [-0.3, -0.25) is 4.79 Å². The van der Waals surface area contributed by atoms with E-state index in [1.807, 2.05) is 50.2 Å². The Morgan fingerprint density at radius 2 is 1.69 bits per heavy atom. The molecule has 1 aliphatic heterocycles. The van der Waals surface area contributed by atoms with E-state index in [2.05, 4.69) is 17.4 Å². The molecule has 0 saturated carbocycles. The lowest BCUT2D eigenvalue weighted by atomic mass is 9.90. The summed E-state index contributed by atoms with van der Waals surface area (Å²) in [6.07, 6.45) is 0.0922. The maximum absolute atomic E-state index is 12.5. The van der Waals surface area contributed by atoms with Crippen LogP contribution in [0.1, 0.15) is 29.8 Å². The molecule has 0 spiro atoms. The van der Waals surface area contributed by atoms with Gasteiger partial charge in [0.25, 0.3) is 5.91 Å². The Labute approximate surface area is 152 Å². The molecule has 4 rings (SSSR count). The predicted molar refractivity (Wildman–Crippen MR) is 103 cm³/mol. The second-order valence-electron chi connectivity index (χ2n) is 6.75. The molecule has 4 heteroatoms. The summed E-state index contributed by atoms with van der Waals surface area (Å²) in [7, 11) is 1.65. The van der Waals surface area contributed by atoms with Crippen molar-refractivity contribution < 1.29 is 14.3 Å². The quantitative estimate of drug-likeness (QED) is 0.753. The van der Waals surface area contributed by atoms with E-state index < -0.39 is 0 Å². The van der Waals surface area contributed by atoms with E-state index in [-0.39, 0.29) is 12.0 Å². The van der Waals surface area contributed by atoms with Crippen LogP contribution in [0.25, 0.3) is 21.9 Å². The number of methoxy groups -OCH3 is 1. The zero-order valence-electron chi connectivity index (χ0n) is 15.1. The van der Waals surface area contributed by atoms with E-state index in [0.717, 1.165) is 44.5 Å². The van der Waals surface area contributed by atoms with E-state index in [1.165, 1.54) is 0 Å². The molecule has 0 aliphatic carbocycles. The highest BCUT2D eigenvalue weighted by atomic mass is 16.5. The van der Waals surface area contributed by atoms with Crippen LogP contribution in [0, 0.1) is 0 Å². The molecule has 4 nitrogen and oxygen atoms in total. The van der Waals surface area contributed by atoms with Gasteiger partial charge in [-0.25, -0.2) is 0 Å². The lowest BCUT2D eigenvalue weighted by Gasteiger charge is -2.15. The topological polar surface area (TPSA) is 47.6 Å². The number of fused-ring (bicyclic) bond motifs is 2. The molecule has 1 amide bonds. The summed E-state index contributed by atoms with van der Waals surface area (Å²) in [5.74, 6) is 1.57. The minimum absolute atomic E-state index is 0.0251. The minimum Gasteiger partial charge on any atom is -0.497 e. The summed E-state index contributed by atoms with van der Waals surface area (Å²) in [6, 6.07) is 16.0. The van der Waals surface area contributed by atoms with Crippen LogP contribution in [0.5, 0.6) is 11.5 Å². The molecule has 1 N–H and O–H groups in total. The Hall–Kier alpha value is -3.01. The molecule has 0 aromatic heterocycles. The fourth-order valence-corrected chi connectivity index (χ4v) is 3.50. The highest BCUT2D eigenvalue weighted by Crippen LogP contribution is 2.38. The number of nitrogens with one attached hydrogen (secondary N) is 1. The van der Waals surface area contributed by atoms with E-state index in [0.29, 0.717) is 6.54 Å².